The highest BCUT2D eigenvalue weighted by atomic mass is 16.1. The van der Waals surface area contributed by atoms with Crippen molar-refractivity contribution in [1.82, 2.24) is 5.32 Å². The maximum absolute atomic E-state index is 10.1. The minimum atomic E-state index is 0.0926. The van der Waals surface area contributed by atoms with Gasteiger partial charge in [-0.1, -0.05) is 27.7 Å². The first kappa shape index (κ1) is 18.8. The van der Waals surface area contributed by atoms with Crippen LogP contribution in [-0.4, -0.2) is 18.7 Å². The Morgan fingerprint density at radius 2 is 1.57 bits per heavy atom. The van der Waals surface area contributed by atoms with Crippen LogP contribution in [0.4, 0.5) is 0 Å². The number of Topliss-reactive ketones (excluding diaryl/α,β-unsaturated/α-hetero) is 1. The lowest BCUT2D eigenvalue weighted by atomic mass is 10.3. The van der Waals surface area contributed by atoms with Crippen molar-refractivity contribution in [3.8, 4) is 0 Å². The van der Waals surface area contributed by atoms with E-state index < -0.39 is 0 Å². The third kappa shape index (κ3) is 30.4. The van der Waals surface area contributed by atoms with Gasteiger partial charge in [0.15, 0.2) is 0 Å². The molecule has 0 aliphatic rings. The van der Waals surface area contributed by atoms with E-state index >= 15 is 0 Å². The molecule has 0 heterocycles. The van der Waals surface area contributed by atoms with Crippen LogP contribution in [0.2, 0.25) is 0 Å². The van der Waals surface area contributed by atoms with Gasteiger partial charge in [-0.2, -0.15) is 0 Å². The Morgan fingerprint density at radius 3 is 1.57 bits per heavy atom. The Balaban J connectivity index is -0.000000147. The first-order chi connectivity index (χ1) is 6.58. The van der Waals surface area contributed by atoms with E-state index in [4.69, 9.17) is 0 Å². The molecule has 3 heteroatoms. The van der Waals surface area contributed by atoms with E-state index in [9.17, 15) is 9.59 Å². The highest BCUT2D eigenvalue weighted by Crippen LogP contribution is 1.84. The molecule has 14 heavy (non-hydrogen) atoms. The van der Waals surface area contributed by atoms with Crippen LogP contribution in [0.5, 0.6) is 0 Å². The second-order valence-electron chi connectivity index (χ2n) is 2.48. The van der Waals surface area contributed by atoms with E-state index in [0.29, 0.717) is 6.42 Å². The number of amides is 1. The van der Waals surface area contributed by atoms with Crippen LogP contribution >= 0.6 is 0 Å². The van der Waals surface area contributed by atoms with Gasteiger partial charge in [0.25, 0.3) is 0 Å². The summed E-state index contributed by atoms with van der Waals surface area (Å²) in [5.74, 6) is 0.382. The molecule has 1 N–H and O–H groups in total. The number of carbonyl (C=O) groups excluding carboxylic acids is 2. The van der Waals surface area contributed by atoms with Crippen molar-refractivity contribution in [2.75, 3.05) is 7.05 Å². The fraction of sp³-hybridized carbons (Fsp3) is 0.818. The molecule has 0 fully saturated rings. The molecule has 0 rings (SSSR count). The van der Waals surface area contributed by atoms with E-state index in [1.807, 2.05) is 27.7 Å². The van der Waals surface area contributed by atoms with Crippen LogP contribution in [0.25, 0.3) is 0 Å². The molecular weight excluding hydrogens is 178 g/mol. The van der Waals surface area contributed by atoms with Crippen LogP contribution in [-0.2, 0) is 9.59 Å². The zero-order chi connectivity index (χ0) is 12.0. The number of ketones is 1. The van der Waals surface area contributed by atoms with E-state index in [2.05, 4.69) is 5.32 Å². The Labute approximate surface area is 88.3 Å². The van der Waals surface area contributed by atoms with Crippen LogP contribution in [0.1, 0.15) is 53.9 Å². The summed E-state index contributed by atoms with van der Waals surface area (Å²) in [6.45, 7) is 9.43. The minimum absolute atomic E-state index is 0.0926. The second kappa shape index (κ2) is 18.0. The number of hydrogen-bond acceptors (Lipinski definition) is 2. The van der Waals surface area contributed by atoms with Crippen molar-refractivity contribution in [3.05, 3.63) is 0 Å². The molecule has 0 aromatic carbocycles. The largest absolute Gasteiger partial charge is 0.359 e. The van der Waals surface area contributed by atoms with Crippen LogP contribution in [0, 0.1) is 0 Å². The second-order valence-corrected chi connectivity index (χ2v) is 2.48. The zero-order valence-corrected chi connectivity index (χ0v) is 10.4. The Hall–Kier alpha value is -0.860. The SMILES string of the molecule is CC.CCC(=O)NC.CCCC(C)=O. The van der Waals surface area contributed by atoms with Gasteiger partial charge in [-0.05, 0) is 13.3 Å². The first-order valence-electron chi connectivity index (χ1n) is 5.28. The molecule has 0 aromatic heterocycles. The average molecular weight is 203 g/mol. The van der Waals surface area contributed by atoms with Crippen molar-refractivity contribution < 1.29 is 9.59 Å². The van der Waals surface area contributed by atoms with Gasteiger partial charge in [-0.15, -0.1) is 0 Å². The predicted octanol–water partition coefficient (Wildman–Crippen LogP) is 2.54. The smallest absolute Gasteiger partial charge is 0.219 e. The third-order valence-electron chi connectivity index (χ3n) is 1.20. The molecule has 0 atom stereocenters. The van der Waals surface area contributed by atoms with Crippen molar-refractivity contribution in [2.45, 2.75) is 53.9 Å². The maximum Gasteiger partial charge on any atom is 0.219 e. The molecule has 0 aliphatic heterocycles. The molecule has 1 amide bonds. The molecule has 3 nitrogen and oxygen atoms in total. The summed E-state index contributed by atoms with van der Waals surface area (Å²) >= 11 is 0. The summed E-state index contributed by atoms with van der Waals surface area (Å²) in [5, 5.41) is 2.48. The lowest BCUT2D eigenvalue weighted by Crippen LogP contribution is -2.15. The van der Waals surface area contributed by atoms with Crippen molar-refractivity contribution >= 4 is 11.7 Å². The number of rotatable bonds is 3. The molecule has 0 aliphatic carbocycles. The van der Waals surface area contributed by atoms with Crippen molar-refractivity contribution in [2.24, 2.45) is 0 Å². The molecule has 0 saturated heterocycles. The zero-order valence-electron chi connectivity index (χ0n) is 10.4. The summed E-state index contributed by atoms with van der Waals surface area (Å²) < 4.78 is 0. The molecule has 0 saturated carbocycles. The van der Waals surface area contributed by atoms with E-state index in [-0.39, 0.29) is 11.7 Å². The molecule has 0 radical (unpaired) electrons. The van der Waals surface area contributed by atoms with E-state index in [1.54, 1.807) is 14.0 Å². The van der Waals surface area contributed by atoms with E-state index in [1.165, 1.54) is 0 Å². The number of nitrogens with one attached hydrogen (secondary N) is 1. The summed E-state index contributed by atoms with van der Waals surface area (Å²) in [5.41, 5.74) is 0. The fourth-order valence-corrected chi connectivity index (χ4v) is 0.529. The van der Waals surface area contributed by atoms with Crippen molar-refractivity contribution in [3.63, 3.8) is 0 Å². The van der Waals surface area contributed by atoms with Gasteiger partial charge in [0, 0.05) is 19.9 Å². The van der Waals surface area contributed by atoms with Gasteiger partial charge in [0.2, 0.25) is 5.91 Å². The highest BCUT2D eigenvalue weighted by Gasteiger charge is 1.84. The lowest BCUT2D eigenvalue weighted by Gasteiger charge is -1.87. The number of hydrogen-bond donors (Lipinski definition) is 1. The monoisotopic (exact) mass is 203 g/mol. The standard InChI is InChI=1S/C5H10O.C4H9NO.C2H6/c1-3-4-5(2)6;1-3-4(6)5-2;1-2/h3-4H2,1-2H3;3H2,1-2H3,(H,5,6);1-2H3. The van der Waals surface area contributed by atoms with Gasteiger partial charge in [-0.25, -0.2) is 0 Å². The van der Waals surface area contributed by atoms with E-state index in [0.717, 1.165) is 12.8 Å². The van der Waals surface area contributed by atoms with Crippen molar-refractivity contribution in [1.29, 1.82) is 0 Å². The Morgan fingerprint density at radius 1 is 1.14 bits per heavy atom. The fourth-order valence-electron chi connectivity index (χ4n) is 0.529. The van der Waals surface area contributed by atoms with Gasteiger partial charge >= 0.3 is 0 Å². The third-order valence-corrected chi connectivity index (χ3v) is 1.20. The molecule has 0 bridgehead atoms. The summed E-state index contributed by atoms with van der Waals surface area (Å²) in [6, 6.07) is 0. The first-order valence-corrected chi connectivity index (χ1v) is 5.28. The summed E-state index contributed by atoms with van der Waals surface area (Å²) in [4.78, 5) is 20.1. The molecule has 0 unspecified atom stereocenters. The van der Waals surface area contributed by atoms with Gasteiger partial charge in [0.1, 0.15) is 5.78 Å². The Bertz CT molecular complexity index is 127. The van der Waals surface area contributed by atoms with Gasteiger partial charge in [0.05, 0.1) is 0 Å². The van der Waals surface area contributed by atoms with Crippen LogP contribution in [0.3, 0.4) is 0 Å². The average Bonchev–Trinajstić information content (AvgIpc) is 2.20. The maximum atomic E-state index is 10.1. The predicted molar refractivity (Wildman–Crippen MR) is 61.3 cm³/mol. The molecule has 0 spiro atoms. The molecular formula is C11H25NO2. The highest BCUT2D eigenvalue weighted by molar-refractivity contribution is 5.75. The lowest BCUT2D eigenvalue weighted by molar-refractivity contribution is -0.120. The van der Waals surface area contributed by atoms with Crippen LogP contribution < -0.4 is 5.32 Å². The molecule has 86 valence electrons. The van der Waals surface area contributed by atoms with Crippen LogP contribution in [0.15, 0.2) is 0 Å². The minimum Gasteiger partial charge on any atom is -0.359 e. The summed E-state index contributed by atoms with van der Waals surface area (Å²) in [7, 11) is 1.63. The topological polar surface area (TPSA) is 46.2 Å². The summed E-state index contributed by atoms with van der Waals surface area (Å²) in [6.07, 6.45) is 2.30. The number of carbonyl (C=O) groups is 2. The molecule has 0 aromatic rings. The van der Waals surface area contributed by atoms with Gasteiger partial charge < -0.3 is 10.1 Å². The quantitative estimate of drug-likeness (QED) is 0.766. The van der Waals surface area contributed by atoms with Gasteiger partial charge in [-0.3, -0.25) is 4.79 Å². The normalized spacial score (nSPS) is 7.29. The Kier molecular flexibility index (Phi) is 24.3.